The second kappa shape index (κ2) is 4.96. The number of halogens is 1. The molecule has 0 unspecified atom stereocenters. The van der Waals surface area contributed by atoms with Crippen molar-refractivity contribution < 1.29 is 9.53 Å². The van der Waals surface area contributed by atoms with Gasteiger partial charge in [-0.15, -0.1) is 0 Å². The molecule has 2 rings (SSSR count). The monoisotopic (exact) mass is 253 g/mol. The number of rotatable bonds is 4. The van der Waals surface area contributed by atoms with Crippen LogP contribution >= 0.6 is 11.6 Å². The smallest absolute Gasteiger partial charge is 0.306 e. The summed E-state index contributed by atoms with van der Waals surface area (Å²) in [5, 5.41) is 0.557. The first-order valence-electron chi connectivity index (χ1n) is 5.73. The lowest BCUT2D eigenvalue weighted by molar-refractivity contribution is -0.141. The summed E-state index contributed by atoms with van der Waals surface area (Å²) < 4.78 is 4.74. The summed E-state index contributed by atoms with van der Waals surface area (Å²) in [5.74, 6) is 0.618. The molecule has 0 radical (unpaired) electrons. The second-order valence-electron chi connectivity index (χ2n) is 4.51. The Bertz CT molecular complexity index is 429. The van der Waals surface area contributed by atoms with Gasteiger partial charge in [0.25, 0.3) is 0 Å². The quantitative estimate of drug-likeness (QED) is 0.663. The van der Waals surface area contributed by atoms with E-state index in [1.807, 2.05) is 12.1 Å². The fraction of sp³-hybridized carbons (Fsp3) is 0.462. The van der Waals surface area contributed by atoms with Crippen LogP contribution in [0.2, 0.25) is 5.02 Å². The molecule has 0 saturated heterocycles. The molecule has 2 N–H and O–H groups in total. The third-order valence-electron chi connectivity index (χ3n) is 3.25. The van der Waals surface area contributed by atoms with Crippen molar-refractivity contribution in [3.05, 3.63) is 28.8 Å². The Morgan fingerprint density at radius 3 is 2.82 bits per heavy atom. The lowest BCUT2D eigenvalue weighted by atomic mass is 9.91. The highest BCUT2D eigenvalue weighted by molar-refractivity contribution is 6.33. The minimum atomic E-state index is -0.171. The summed E-state index contributed by atoms with van der Waals surface area (Å²) in [5.41, 5.74) is 7.45. The molecule has 0 bridgehead atoms. The third kappa shape index (κ3) is 2.91. The van der Waals surface area contributed by atoms with Gasteiger partial charge >= 0.3 is 5.97 Å². The fourth-order valence-corrected chi connectivity index (χ4v) is 2.23. The van der Waals surface area contributed by atoms with Crippen LogP contribution in [-0.2, 0) is 9.53 Å². The number of carbonyl (C=O) groups excluding carboxylic acids is 1. The lowest BCUT2D eigenvalue weighted by Crippen LogP contribution is -2.10. The number of hydrogen-bond acceptors (Lipinski definition) is 3. The average molecular weight is 254 g/mol. The van der Waals surface area contributed by atoms with Gasteiger partial charge in [0, 0.05) is 0 Å². The molecule has 17 heavy (non-hydrogen) atoms. The molecular weight excluding hydrogens is 238 g/mol. The Kier molecular flexibility index (Phi) is 3.57. The van der Waals surface area contributed by atoms with Gasteiger partial charge in [-0.25, -0.2) is 0 Å². The van der Waals surface area contributed by atoms with E-state index in [1.54, 1.807) is 6.07 Å². The molecule has 0 spiro atoms. The van der Waals surface area contributed by atoms with E-state index in [1.165, 1.54) is 20.0 Å². The van der Waals surface area contributed by atoms with Gasteiger partial charge in [-0.05, 0) is 42.4 Å². The van der Waals surface area contributed by atoms with Crippen LogP contribution < -0.4 is 5.73 Å². The van der Waals surface area contributed by atoms with E-state index in [-0.39, 0.29) is 11.9 Å². The van der Waals surface area contributed by atoms with Crippen LogP contribution in [0.15, 0.2) is 18.2 Å². The van der Waals surface area contributed by atoms with Crippen molar-refractivity contribution in [2.45, 2.75) is 25.2 Å². The number of carbonyl (C=O) groups is 1. The number of methoxy groups -OCH3 is 1. The van der Waals surface area contributed by atoms with Crippen molar-refractivity contribution >= 4 is 23.3 Å². The maximum absolute atomic E-state index is 11.4. The molecular formula is C13H16ClNO2. The van der Waals surface area contributed by atoms with Crippen molar-refractivity contribution in [2.24, 2.45) is 5.92 Å². The molecule has 1 fully saturated rings. The van der Waals surface area contributed by atoms with Gasteiger partial charge in [0.15, 0.2) is 0 Å². The second-order valence-corrected chi connectivity index (χ2v) is 4.91. The summed E-state index contributed by atoms with van der Waals surface area (Å²) in [6.07, 6.45) is 2.76. The first-order chi connectivity index (χ1) is 8.11. The molecule has 0 amide bonds. The normalized spacial score (nSPS) is 16.6. The zero-order valence-corrected chi connectivity index (χ0v) is 10.5. The van der Waals surface area contributed by atoms with Crippen LogP contribution in [0.5, 0.6) is 0 Å². The predicted octanol–water partition coefficient (Wildman–Crippen LogP) is 2.98. The van der Waals surface area contributed by atoms with Gasteiger partial charge < -0.3 is 10.5 Å². The van der Waals surface area contributed by atoms with Gasteiger partial charge in [0.05, 0.1) is 24.2 Å². The number of nitrogen functional groups attached to an aromatic ring is 1. The van der Waals surface area contributed by atoms with E-state index in [0.717, 1.165) is 5.56 Å². The molecule has 1 saturated carbocycles. The van der Waals surface area contributed by atoms with Crippen molar-refractivity contribution in [2.75, 3.05) is 12.8 Å². The van der Waals surface area contributed by atoms with E-state index in [9.17, 15) is 4.79 Å². The first-order valence-corrected chi connectivity index (χ1v) is 6.11. The zero-order valence-electron chi connectivity index (χ0n) is 9.78. The zero-order chi connectivity index (χ0) is 12.4. The SMILES string of the molecule is COC(=O)C[C@H](c1ccc(Cl)c(N)c1)C1CC1. The number of esters is 1. The van der Waals surface area contributed by atoms with E-state index in [0.29, 0.717) is 23.0 Å². The van der Waals surface area contributed by atoms with Crippen LogP contribution in [0.1, 0.15) is 30.7 Å². The summed E-state index contributed by atoms with van der Waals surface area (Å²) in [7, 11) is 1.42. The standard InChI is InChI=1S/C13H16ClNO2/c1-17-13(16)7-10(8-2-3-8)9-4-5-11(14)12(15)6-9/h4-6,8,10H,2-3,7,15H2,1H3/t10-/m0/s1. The summed E-state index contributed by atoms with van der Waals surface area (Å²) in [6, 6.07) is 5.61. The molecule has 3 nitrogen and oxygen atoms in total. The number of benzene rings is 1. The molecule has 92 valence electrons. The van der Waals surface area contributed by atoms with Crippen molar-refractivity contribution in [1.29, 1.82) is 0 Å². The molecule has 4 heteroatoms. The van der Waals surface area contributed by atoms with Gasteiger partial charge in [0.1, 0.15) is 0 Å². The molecule has 1 atom stereocenters. The van der Waals surface area contributed by atoms with Gasteiger partial charge in [-0.1, -0.05) is 17.7 Å². The lowest BCUT2D eigenvalue weighted by Gasteiger charge is -2.16. The van der Waals surface area contributed by atoms with E-state index < -0.39 is 0 Å². The highest BCUT2D eigenvalue weighted by Gasteiger charge is 2.34. The fourth-order valence-electron chi connectivity index (χ4n) is 2.11. The topological polar surface area (TPSA) is 52.3 Å². The summed E-state index contributed by atoms with van der Waals surface area (Å²) in [6.45, 7) is 0. The number of ether oxygens (including phenoxy) is 1. The average Bonchev–Trinajstić information content (AvgIpc) is 3.13. The Labute approximate surface area is 106 Å². The first kappa shape index (κ1) is 12.2. The molecule has 0 heterocycles. The molecule has 1 aliphatic rings. The Morgan fingerprint density at radius 2 is 2.29 bits per heavy atom. The predicted molar refractivity (Wildman–Crippen MR) is 68.0 cm³/mol. The number of anilines is 1. The van der Waals surface area contributed by atoms with Crippen molar-refractivity contribution in [1.82, 2.24) is 0 Å². The highest BCUT2D eigenvalue weighted by atomic mass is 35.5. The van der Waals surface area contributed by atoms with Crippen LogP contribution in [0.3, 0.4) is 0 Å². The Hall–Kier alpha value is -1.22. The van der Waals surface area contributed by atoms with Gasteiger partial charge in [-0.3, -0.25) is 4.79 Å². The van der Waals surface area contributed by atoms with Crippen molar-refractivity contribution in [3.63, 3.8) is 0 Å². The van der Waals surface area contributed by atoms with E-state index >= 15 is 0 Å². The largest absolute Gasteiger partial charge is 0.469 e. The molecule has 1 aliphatic carbocycles. The van der Waals surface area contributed by atoms with Crippen molar-refractivity contribution in [3.8, 4) is 0 Å². The molecule has 0 aliphatic heterocycles. The number of nitrogens with two attached hydrogens (primary N) is 1. The minimum absolute atomic E-state index is 0.171. The Balaban J connectivity index is 2.20. The third-order valence-corrected chi connectivity index (χ3v) is 3.60. The highest BCUT2D eigenvalue weighted by Crippen LogP contribution is 2.45. The van der Waals surface area contributed by atoms with E-state index in [4.69, 9.17) is 22.1 Å². The summed E-state index contributed by atoms with van der Waals surface area (Å²) in [4.78, 5) is 11.4. The Morgan fingerprint density at radius 1 is 1.59 bits per heavy atom. The van der Waals surface area contributed by atoms with Crippen LogP contribution in [0.25, 0.3) is 0 Å². The number of hydrogen-bond donors (Lipinski definition) is 1. The van der Waals surface area contributed by atoms with Crippen LogP contribution in [0.4, 0.5) is 5.69 Å². The molecule has 1 aromatic rings. The van der Waals surface area contributed by atoms with Gasteiger partial charge in [-0.2, -0.15) is 0 Å². The van der Waals surface area contributed by atoms with Gasteiger partial charge in [0.2, 0.25) is 0 Å². The van der Waals surface area contributed by atoms with Crippen LogP contribution in [0, 0.1) is 5.92 Å². The summed E-state index contributed by atoms with van der Waals surface area (Å²) >= 11 is 5.90. The van der Waals surface area contributed by atoms with E-state index in [2.05, 4.69) is 0 Å². The van der Waals surface area contributed by atoms with Crippen LogP contribution in [-0.4, -0.2) is 13.1 Å². The maximum atomic E-state index is 11.4. The maximum Gasteiger partial charge on any atom is 0.306 e. The molecule has 0 aromatic heterocycles. The molecule has 1 aromatic carbocycles. The minimum Gasteiger partial charge on any atom is -0.469 e.